The number of aromatic carboxylic acids is 1. The number of hydrogen-bond acceptors (Lipinski definition) is 5. The first kappa shape index (κ1) is 14.4. The first-order valence-electron chi connectivity index (χ1n) is 6.06. The lowest BCUT2D eigenvalue weighted by Gasteiger charge is -2.09. The van der Waals surface area contributed by atoms with Crippen LogP contribution in [0.25, 0.3) is 0 Å². The summed E-state index contributed by atoms with van der Waals surface area (Å²) in [5.41, 5.74) is -0.0973. The lowest BCUT2D eigenvalue weighted by molar-refractivity contribution is -0.116. The highest BCUT2D eigenvalue weighted by molar-refractivity contribution is 7.91. The van der Waals surface area contributed by atoms with E-state index < -0.39 is 21.7 Å². The van der Waals surface area contributed by atoms with Gasteiger partial charge in [-0.15, -0.1) is 0 Å². The van der Waals surface area contributed by atoms with Gasteiger partial charge in [0.1, 0.15) is 11.4 Å². The number of nitrogens with one attached hydrogen (secondary N) is 1. The van der Waals surface area contributed by atoms with Crippen LogP contribution in [0.15, 0.2) is 18.3 Å². The summed E-state index contributed by atoms with van der Waals surface area (Å²) in [5.74, 6) is -1.73. The molecule has 1 unspecified atom stereocenters. The third kappa shape index (κ3) is 3.53. The third-order valence-corrected chi connectivity index (χ3v) is 4.93. The molecule has 1 aliphatic heterocycles. The van der Waals surface area contributed by atoms with Gasteiger partial charge in [-0.1, -0.05) is 0 Å². The van der Waals surface area contributed by atoms with Crippen molar-refractivity contribution in [3.63, 3.8) is 0 Å². The molecular weight excluding hydrogens is 284 g/mol. The molecular formula is C12H14N2O5S. The molecule has 1 atom stereocenters. The largest absolute Gasteiger partial charge is 0.478 e. The van der Waals surface area contributed by atoms with E-state index in [4.69, 9.17) is 5.11 Å². The lowest BCUT2D eigenvalue weighted by Crippen LogP contribution is -2.19. The highest BCUT2D eigenvalue weighted by Gasteiger charge is 2.29. The first-order valence-corrected chi connectivity index (χ1v) is 7.88. The van der Waals surface area contributed by atoms with Crippen molar-refractivity contribution in [1.82, 2.24) is 4.98 Å². The molecule has 1 aromatic rings. The van der Waals surface area contributed by atoms with Crippen molar-refractivity contribution < 1.29 is 23.1 Å². The summed E-state index contributed by atoms with van der Waals surface area (Å²) >= 11 is 0. The molecule has 108 valence electrons. The highest BCUT2D eigenvalue weighted by Crippen LogP contribution is 2.22. The Morgan fingerprint density at radius 2 is 2.20 bits per heavy atom. The number of pyridine rings is 1. The van der Waals surface area contributed by atoms with Crippen molar-refractivity contribution in [2.24, 2.45) is 5.92 Å². The Morgan fingerprint density at radius 3 is 2.80 bits per heavy atom. The number of anilines is 1. The van der Waals surface area contributed by atoms with Crippen LogP contribution in [0.3, 0.4) is 0 Å². The molecule has 20 heavy (non-hydrogen) atoms. The molecule has 1 saturated heterocycles. The van der Waals surface area contributed by atoms with E-state index in [1.165, 1.54) is 18.3 Å². The summed E-state index contributed by atoms with van der Waals surface area (Å²) in [6, 6.07) is 2.80. The van der Waals surface area contributed by atoms with Crippen molar-refractivity contribution in [3.8, 4) is 0 Å². The van der Waals surface area contributed by atoms with Crippen LogP contribution in [-0.4, -0.2) is 41.9 Å². The van der Waals surface area contributed by atoms with Crippen LogP contribution in [0, 0.1) is 5.92 Å². The van der Waals surface area contributed by atoms with Gasteiger partial charge in [0.05, 0.1) is 11.5 Å². The summed E-state index contributed by atoms with van der Waals surface area (Å²) in [6.07, 6.45) is 1.89. The van der Waals surface area contributed by atoms with E-state index in [0.717, 1.165) is 0 Å². The van der Waals surface area contributed by atoms with E-state index >= 15 is 0 Å². The van der Waals surface area contributed by atoms with E-state index in [1.54, 1.807) is 0 Å². The summed E-state index contributed by atoms with van der Waals surface area (Å²) < 4.78 is 22.6. The maximum Gasteiger partial charge on any atom is 0.339 e. The summed E-state index contributed by atoms with van der Waals surface area (Å²) in [6.45, 7) is 0. The van der Waals surface area contributed by atoms with Crippen molar-refractivity contribution in [3.05, 3.63) is 23.9 Å². The van der Waals surface area contributed by atoms with Crippen LogP contribution in [-0.2, 0) is 14.6 Å². The Balaban J connectivity index is 2.01. The van der Waals surface area contributed by atoms with Crippen molar-refractivity contribution in [1.29, 1.82) is 0 Å². The van der Waals surface area contributed by atoms with E-state index in [2.05, 4.69) is 10.3 Å². The number of carboxylic acid groups (broad SMARTS) is 1. The molecule has 7 nitrogen and oxygen atoms in total. The zero-order valence-electron chi connectivity index (χ0n) is 10.6. The SMILES string of the molecule is O=C(CC1CCS(=O)(=O)C1)Nc1ncccc1C(=O)O. The van der Waals surface area contributed by atoms with Gasteiger partial charge in [0.15, 0.2) is 9.84 Å². The molecule has 2 rings (SSSR count). The van der Waals surface area contributed by atoms with E-state index in [-0.39, 0.29) is 35.2 Å². The van der Waals surface area contributed by atoms with Crippen LogP contribution in [0.2, 0.25) is 0 Å². The fraction of sp³-hybridized carbons (Fsp3) is 0.417. The van der Waals surface area contributed by atoms with Gasteiger partial charge >= 0.3 is 5.97 Å². The Bertz CT molecular complexity index is 641. The highest BCUT2D eigenvalue weighted by atomic mass is 32.2. The molecule has 0 saturated carbocycles. The van der Waals surface area contributed by atoms with Crippen molar-refractivity contribution >= 4 is 27.5 Å². The fourth-order valence-corrected chi connectivity index (χ4v) is 4.02. The second kappa shape index (κ2) is 5.58. The molecule has 0 aromatic carbocycles. The van der Waals surface area contributed by atoms with Gasteiger partial charge in [0, 0.05) is 12.6 Å². The van der Waals surface area contributed by atoms with Crippen LogP contribution in [0.1, 0.15) is 23.2 Å². The number of nitrogens with zero attached hydrogens (tertiary/aromatic N) is 1. The molecule has 0 radical (unpaired) electrons. The number of sulfone groups is 1. The van der Waals surface area contributed by atoms with Gasteiger partial charge in [-0.05, 0) is 24.5 Å². The van der Waals surface area contributed by atoms with Crippen LogP contribution >= 0.6 is 0 Å². The molecule has 1 aromatic heterocycles. The molecule has 2 heterocycles. The Morgan fingerprint density at radius 1 is 1.45 bits per heavy atom. The molecule has 0 aliphatic carbocycles. The predicted octanol–water partition coefficient (Wildman–Crippen LogP) is 0.543. The third-order valence-electron chi connectivity index (χ3n) is 3.10. The number of carboxylic acids is 1. The minimum Gasteiger partial charge on any atom is -0.478 e. The van der Waals surface area contributed by atoms with Crippen LogP contribution in [0.4, 0.5) is 5.82 Å². The maximum absolute atomic E-state index is 11.8. The van der Waals surface area contributed by atoms with E-state index in [1.807, 2.05) is 0 Å². The lowest BCUT2D eigenvalue weighted by atomic mass is 10.1. The second-order valence-corrected chi connectivity index (χ2v) is 6.95. The van der Waals surface area contributed by atoms with Gasteiger partial charge in [-0.25, -0.2) is 18.2 Å². The van der Waals surface area contributed by atoms with Gasteiger partial charge < -0.3 is 10.4 Å². The minimum absolute atomic E-state index is 0.00836. The summed E-state index contributed by atoms with van der Waals surface area (Å²) in [4.78, 5) is 26.6. The summed E-state index contributed by atoms with van der Waals surface area (Å²) in [7, 11) is -3.03. The summed E-state index contributed by atoms with van der Waals surface area (Å²) in [5, 5.41) is 11.4. The zero-order valence-corrected chi connectivity index (χ0v) is 11.4. The minimum atomic E-state index is -3.03. The molecule has 8 heteroatoms. The van der Waals surface area contributed by atoms with Gasteiger partial charge in [-0.2, -0.15) is 0 Å². The predicted molar refractivity (Wildman–Crippen MR) is 71.2 cm³/mol. The Labute approximate surface area is 115 Å². The topological polar surface area (TPSA) is 113 Å². The average Bonchev–Trinajstić information content (AvgIpc) is 2.68. The van der Waals surface area contributed by atoms with Crippen molar-refractivity contribution in [2.75, 3.05) is 16.8 Å². The quantitative estimate of drug-likeness (QED) is 0.838. The number of amides is 1. The number of aromatic nitrogens is 1. The maximum atomic E-state index is 11.8. The van der Waals surface area contributed by atoms with Crippen molar-refractivity contribution in [2.45, 2.75) is 12.8 Å². The standard InChI is InChI=1S/C12H14N2O5S/c15-10(6-8-3-5-20(18,19)7-8)14-11-9(12(16)17)2-1-4-13-11/h1-2,4,8H,3,5-7H2,(H,16,17)(H,13,14,15). The number of hydrogen-bond donors (Lipinski definition) is 2. The average molecular weight is 298 g/mol. The van der Waals surface area contributed by atoms with Gasteiger partial charge in [0.2, 0.25) is 5.91 Å². The molecule has 1 amide bonds. The number of rotatable bonds is 4. The van der Waals surface area contributed by atoms with Gasteiger partial charge in [0.25, 0.3) is 0 Å². The van der Waals surface area contributed by atoms with Crippen LogP contribution < -0.4 is 5.32 Å². The van der Waals surface area contributed by atoms with Crippen LogP contribution in [0.5, 0.6) is 0 Å². The molecule has 2 N–H and O–H groups in total. The Hall–Kier alpha value is -1.96. The second-order valence-electron chi connectivity index (χ2n) is 4.73. The fourth-order valence-electron chi connectivity index (χ4n) is 2.16. The smallest absolute Gasteiger partial charge is 0.339 e. The molecule has 1 fully saturated rings. The zero-order chi connectivity index (χ0) is 14.8. The number of carbonyl (C=O) groups is 2. The molecule has 0 bridgehead atoms. The molecule has 0 spiro atoms. The first-order chi connectivity index (χ1) is 9.37. The number of carbonyl (C=O) groups excluding carboxylic acids is 1. The monoisotopic (exact) mass is 298 g/mol. The Kier molecular flexibility index (Phi) is 4.03. The van der Waals surface area contributed by atoms with Gasteiger partial charge in [-0.3, -0.25) is 4.79 Å². The van der Waals surface area contributed by atoms with E-state index in [9.17, 15) is 18.0 Å². The van der Waals surface area contributed by atoms with E-state index in [0.29, 0.717) is 6.42 Å². The molecule has 1 aliphatic rings. The normalized spacial score (nSPS) is 20.5.